The highest BCUT2D eigenvalue weighted by atomic mass is 79.9. The molecule has 1 rings (SSSR count). The Balaban J connectivity index is 3.01. The lowest BCUT2D eigenvalue weighted by Gasteiger charge is -2.36. The number of hydrogen-bond donors (Lipinski definition) is 1. The monoisotopic (exact) mass is 312 g/mol. The van der Waals surface area contributed by atoms with Crippen LogP contribution in [0.5, 0.6) is 0 Å². The molecule has 0 saturated heterocycles. The molecular formula is C15H25BrN2. The van der Waals surface area contributed by atoms with Gasteiger partial charge < -0.3 is 5.73 Å². The number of rotatable bonds is 6. The molecule has 1 aromatic rings. The molecule has 0 aliphatic heterocycles. The van der Waals surface area contributed by atoms with Crippen LogP contribution in [0, 0.1) is 0 Å². The van der Waals surface area contributed by atoms with Gasteiger partial charge in [0.05, 0.1) is 0 Å². The summed E-state index contributed by atoms with van der Waals surface area (Å²) in [5.41, 5.74) is 7.63. The molecule has 0 aromatic heterocycles. The highest BCUT2D eigenvalue weighted by molar-refractivity contribution is 9.10. The second kappa shape index (κ2) is 7.27. The predicted molar refractivity (Wildman–Crippen MR) is 82.7 cm³/mol. The molecule has 0 radical (unpaired) electrons. The molecule has 3 atom stereocenters. The summed E-state index contributed by atoms with van der Waals surface area (Å²) in [4.78, 5) is 2.40. The van der Waals surface area contributed by atoms with Crippen molar-refractivity contribution in [1.82, 2.24) is 4.90 Å². The summed E-state index contributed by atoms with van der Waals surface area (Å²) in [5, 5.41) is 0. The first-order chi connectivity index (χ1) is 8.51. The third-order valence-corrected chi connectivity index (χ3v) is 4.34. The fraction of sp³-hybridized carbons (Fsp3) is 0.600. The van der Waals surface area contributed by atoms with E-state index in [0.717, 1.165) is 17.3 Å². The summed E-state index contributed by atoms with van der Waals surface area (Å²) in [6, 6.07) is 9.52. The van der Waals surface area contributed by atoms with Crippen molar-refractivity contribution in [1.29, 1.82) is 0 Å². The first-order valence-electron chi connectivity index (χ1n) is 6.74. The smallest absolute Gasteiger partial charge is 0.0498 e. The van der Waals surface area contributed by atoms with Gasteiger partial charge in [-0.25, -0.2) is 0 Å². The first-order valence-corrected chi connectivity index (χ1v) is 7.53. The highest BCUT2D eigenvalue weighted by Gasteiger charge is 2.25. The van der Waals surface area contributed by atoms with E-state index in [4.69, 9.17) is 5.73 Å². The number of nitrogens with zero attached hydrogens (tertiary/aromatic N) is 1. The Bertz CT molecular complexity index is 350. The van der Waals surface area contributed by atoms with E-state index in [-0.39, 0.29) is 12.1 Å². The maximum absolute atomic E-state index is 6.33. The van der Waals surface area contributed by atoms with Gasteiger partial charge in [0.25, 0.3) is 0 Å². The average molecular weight is 313 g/mol. The van der Waals surface area contributed by atoms with E-state index in [0.29, 0.717) is 6.04 Å². The van der Waals surface area contributed by atoms with Crippen LogP contribution in [0.4, 0.5) is 0 Å². The lowest BCUT2D eigenvalue weighted by Crippen LogP contribution is -2.42. The number of nitrogens with two attached hydrogens (primary N) is 1. The molecule has 18 heavy (non-hydrogen) atoms. The molecule has 102 valence electrons. The normalized spacial score (nSPS) is 16.6. The molecule has 0 spiro atoms. The van der Waals surface area contributed by atoms with Gasteiger partial charge in [-0.15, -0.1) is 0 Å². The maximum Gasteiger partial charge on any atom is 0.0498 e. The quantitative estimate of drug-likeness (QED) is 0.861. The van der Waals surface area contributed by atoms with E-state index in [1.165, 1.54) is 5.56 Å². The van der Waals surface area contributed by atoms with Gasteiger partial charge in [0, 0.05) is 22.6 Å². The van der Waals surface area contributed by atoms with Crippen molar-refractivity contribution in [3.8, 4) is 0 Å². The zero-order valence-electron chi connectivity index (χ0n) is 11.9. The van der Waals surface area contributed by atoms with Crippen molar-refractivity contribution in [2.75, 3.05) is 7.05 Å². The molecule has 0 aliphatic carbocycles. The second-order valence-electron chi connectivity index (χ2n) is 4.99. The highest BCUT2D eigenvalue weighted by Crippen LogP contribution is 2.27. The number of likely N-dealkylation sites (N-methyl/N-ethyl adjacent to an activating group) is 1. The van der Waals surface area contributed by atoms with E-state index in [2.05, 4.69) is 72.9 Å². The van der Waals surface area contributed by atoms with Crippen molar-refractivity contribution >= 4 is 15.9 Å². The number of halogens is 1. The zero-order chi connectivity index (χ0) is 13.7. The fourth-order valence-corrected chi connectivity index (χ4v) is 2.49. The van der Waals surface area contributed by atoms with Crippen LogP contribution in [0.3, 0.4) is 0 Å². The first kappa shape index (κ1) is 15.7. The summed E-state index contributed by atoms with van der Waals surface area (Å²) in [7, 11) is 2.18. The molecule has 3 unspecified atom stereocenters. The molecular weight excluding hydrogens is 288 g/mol. The average Bonchev–Trinajstić information content (AvgIpc) is 2.39. The maximum atomic E-state index is 6.33. The van der Waals surface area contributed by atoms with Gasteiger partial charge in [-0.05, 0) is 44.5 Å². The van der Waals surface area contributed by atoms with Crippen molar-refractivity contribution in [3.63, 3.8) is 0 Å². The molecule has 0 bridgehead atoms. The number of benzene rings is 1. The minimum absolute atomic E-state index is 0.171. The molecule has 2 nitrogen and oxygen atoms in total. The summed E-state index contributed by atoms with van der Waals surface area (Å²) in [6.45, 7) is 6.63. The molecule has 3 heteroatoms. The molecule has 0 aliphatic rings. The predicted octanol–water partition coefficient (Wildman–Crippen LogP) is 3.96. The topological polar surface area (TPSA) is 29.3 Å². The Labute approximate surface area is 120 Å². The molecule has 0 saturated carbocycles. The zero-order valence-corrected chi connectivity index (χ0v) is 13.4. The van der Waals surface area contributed by atoms with Gasteiger partial charge in [-0.2, -0.15) is 0 Å². The number of hydrogen-bond acceptors (Lipinski definition) is 2. The van der Waals surface area contributed by atoms with Crippen molar-refractivity contribution in [2.24, 2.45) is 5.73 Å². The third-order valence-electron chi connectivity index (χ3n) is 3.81. The summed E-state index contributed by atoms with van der Waals surface area (Å²) < 4.78 is 1.11. The Morgan fingerprint density at radius 3 is 2.17 bits per heavy atom. The van der Waals surface area contributed by atoms with Gasteiger partial charge >= 0.3 is 0 Å². The summed E-state index contributed by atoms with van der Waals surface area (Å²) in [5.74, 6) is 0. The molecule has 0 amide bonds. The van der Waals surface area contributed by atoms with E-state index < -0.39 is 0 Å². The van der Waals surface area contributed by atoms with Crippen molar-refractivity contribution in [2.45, 2.75) is 51.7 Å². The molecule has 0 heterocycles. The largest absolute Gasteiger partial charge is 0.326 e. The third kappa shape index (κ3) is 3.81. The standard InChI is InChI=1S/C15H25BrN2/c1-5-11(3)18(4)15(14(17)6-2)12-7-9-13(16)10-8-12/h7-11,14-15H,5-6,17H2,1-4H3. The van der Waals surface area contributed by atoms with Gasteiger partial charge in [-0.3, -0.25) is 4.90 Å². The van der Waals surface area contributed by atoms with Crippen LogP contribution < -0.4 is 5.73 Å². The second-order valence-corrected chi connectivity index (χ2v) is 5.91. The molecule has 2 N–H and O–H groups in total. The minimum atomic E-state index is 0.171. The summed E-state index contributed by atoms with van der Waals surface area (Å²) >= 11 is 3.48. The van der Waals surface area contributed by atoms with E-state index in [9.17, 15) is 0 Å². The Kier molecular flexibility index (Phi) is 6.33. The Hall–Kier alpha value is -0.380. The van der Waals surface area contributed by atoms with Crippen molar-refractivity contribution < 1.29 is 0 Å². The van der Waals surface area contributed by atoms with Gasteiger partial charge in [0.2, 0.25) is 0 Å². The lowest BCUT2D eigenvalue weighted by molar-refractivity contribution is 0.155. The van der Waals surface area contributed by atoms with Crippen LogP contribution in [-0.4, -0.2) is 24.0 Å². The van der Waals surface area contributed by atoms with Crippen LogP contribution in [0.15, 0.2) is 28.7 Å². The van der Waals surface area contributed by atoms with E-state index >= 15 is 0 Å². The fourth-order valence-electron chi connectivity index (χ4n) is 2.23. The molecule has 0 fully saturated rings. The van der Waals surface area contributed by atoms with Crippen molar-refractivity contribution in [3.05, 3.63) is 34.3 Å². The van der Waals surface area contributed by atoms with Gasteiger partial charge in [0.15, 0.2) is 0 Å². The van der Waals surface area contributed by atoms with Crippen LogP contribution in [-0.2, 0) is 0 Å². The van der Waals surface area contributed by atoms with E-state index in [1.807, 2.05) is 0 Å². The van der Waals surface area contributed by atoms with Crippen LogP contribution in [0.25, 0.3) is 0 Å². The Morgan fingerprint density at radius 1 is 1.17 bits per heavy atom. The Morgan fingerprint density at radius 2 is 1.72 bits per heavy atom. The lowest BCUT2D eigenvalue weighted by atomic mass is 9.95. The van der Waals surface area contributed by atoms with Crippen LogP contribution in [0.1, 0.15) is 45.2 Å². The van der Waals surface area contributed by atoms with Crippen LogP contribution in [0.2, 0.25) is 0 Å². The van der Waals surface area contributed by atoms with Crippen LogP contribution >= 0.6 is 15.9 Å². The summed E-state index contributed by atoms with van der Waals surface area (Å²) in [6.07, 6.45) is 2.13. The molecule has 1 aromatic carbocycles. The van der Waals surface area contributed by atoms with E-state index in [1.54, 1.807) is 0 Å². The minimum Gasteiger partial charge on any atom is -0.326 e. The van der Waals surface area contributed by atoms with Gasteiger partial charge in [0.1, 0.15) is 0 Å². The SMILES string of the molecule is CCC(N)C(c1ccc(Br)cc1)N(C)C(C)CC. The van der Waals surface area contributed by atoms with Gasteiger partial charge in [-0.1, -0.05) is 41.9 Å².